The van der Waals surface area contributed by atoms with E-state index in [0.29, 0.717) is 6.04 Å². The van der Waals surface area contributed by atoms with Crippen LogP contribution in [-0.2, 0) is 6.54 Å². The van der Waals surface area contributed by atoms with Gasteiger partial charge < -0.3 is 15.2 Å². The van der Waals surface area contributed by atoms with E-state index in [2.05, 4.69) is 10.6 Å². The lowest BCUT2D eigenvalue weighted by Crippen LogP contribution is -2.42. The maximum absolute atomic E-state index is 12.4. The molecule has 1 aromatic heterocycles. The van der Waals surface area contributed by atoms with E-state index in [1.54, 1.807) is 0 Å². The number of hydrogen-bond donors (Lipinski definition) is 2. The molecular formula is C14H20F3N3O. The predicted octanol–water partition coefficient (Wildman–Crippen LogP) is 2.31. The summed E-state index contributed by atoms with van der Waals surface area (Å²) in [5, 5.41) is 6.04. The third kappa shape index (κ3) is 4.49. The molecule has 1 aromatic rings. The number of amides is 1. The summed E-state index contributed by atoms with van der Waals surface area (Å²) in [6.07, 6.45) is 0.559. The third-order valence-corrected chi connectivity index (χ3v) is 3.88. The lowest BCUT2D eigenvalue weighted by atomic mass is 9.91. The zero-order valence-corrected chi connectivity index (χ0v) is 11.9. The normalized spacial score (nSPS) is 23.0. The third-order valence-electron chi connectivity index (χ3n) is 3.88. The number of nitrogens with zero attached hydrogens (tertiary/aromatic N) is 1. The van der Waals surface area contributed by atoms with Gasteiger partial charge in [0, 0.05) is 18.3 Å². The number of nitrogens with one attached hydrogen (secondary N) is 2. The summed E-state index contributed by atoms with van der Waals surface area (Å²) in [5.41, 5.74) is 0.0584. The van der Waals surface area contributed by atoms with Crippen molar-refractivity contribution in [2.75, 3.05) is 7.05 Å². The van der Waals surface area contributed by atoms with Crippen LogP contribution in [0, 0.1) is 0 Å². The molecule has 2 rings (SSSR count). The van der Waals surface area contributed by atoms with Crippen molar-refractivity contribution >= 4 is 5.91 Å². The fraction of sp³-hybridized carbons (Fsp3) is 0.643. The van der Waals surface area contributed by atoms with Crippen LogP contribution in [0.4, 0.5) is 13.2 Å². The van der Waals surface area contributed by atoms with Gasteiger partial charge in [0.05, 0.1) is 0 Å². The SMILES string of the molecule is CNC1CCC(NC(=O)c2cccn2CC(F)(F)F)CC1. The van der Waals surface area contributed by atoms with Crippen LogP contribution in [0.1, 0.15) is 36.2 Å². The highest BCUT2D eigenvalue weighted by atomic mass is 19.4. The Kier molecular flexibility index (Phi) is 4.92. The number of halogens is 3. The van der Waals surface area contributed by atoms with Gasteiger partial charge in [0.25, 0.3) is 5.91 Å². The molecule has 1 fully saturated rings. The van der Waals surface area contributed by atoms with Crippen LogP contribution in [0.25, 0.3) is 0 Å². The van der Waals surface area contributed by atoms with E-state index < -0.39 is 18.6 Å². The molecule has 1 amide bonds. The number of rotatable bonds is 4. The van der Waals surface area contributed by atoms with E-state index in [1.165, 1.54) is 18.3 Å². The molecule has 0 bridgehead atoms. The van der Waals surface area contributed by atoms with E-state index >= 15 is 0 Å². The number of carbonyl (C=O) groups is 1. The average molecular weight is 303 g/mol. The molecule has 0 saturated heterocycles. The molecule has 0 radical (unpaired) electrons. The Morgan fingerprint density at radius 2 is 1.90 bits per heavy atom. The highest BCUT2D eigenvalue weighted by Gasteiger charge is 2.30. The van der Waals surface area contributed by atoms with Crippen molar-refractivity contribution < 1.29 is 18.0 Å². The number of alkyl halides is 3. The molecule has 118 valence electrons. The topological polar surface area (TPSA) is 46.1 Å². The Labute approximate surface area is 121 Å². The van der Waals surface area contributed by atoms with Crippen LogP contribution < -0.4 is 10.6 Å². The largest absolute Gasteiger partial charge is 0.406 e. The number of aromatic nitrogens is 1. The summed E-state index contributed by atoms with van der Waals surface area (Å²) >= 11 is 0. The highest BCUT2D eigenvalue weighted by molar-refractivity contribution is 5.92. The molecule has 21 heavy (non-hydrogen) atoms. The quantitative estimate of drug-likeness (QED) is 0.896. The fourth-order valence-corrected chi connectivity index (χ4v) is 2.74. The van der Waals surface area contributed by atoms with Gasteiger partial charge in [-0.2, -0.15) is 13.2 Å². The Hall–Kier alpha value is -1.50. The fourth-order valence-electron chi connectivity index (χ4n) is 2.74. The van der Waals surface area contributed by atoms with E-state index in [1.807, 2.05) is 7.05 Å². The summed E-state index contributed by atoms with van der Waals surface area (Å²) in [4.78, 5) is 12.1. The van der Waals surface area contributed by atoms with Crippen LogP contribution in [0.2, 0.25) is 0 Å². The second-order valence-corrected chi connectivity index (χ2v) is 5.45. The summed E-state index contributed by atoms with van der Waals surface area (Å²) in [6.45, 7) is -1.14. The molecule has 1 aliphatic rings. The van der Waals surface area contributed by atoms with Crippen molar-refractivity contribution in [3.8, 4) is 0 Å². The van der Waals surface area contributed by atoms with Gasteiger partial charge in [0.15, 0.2) is 0 Å². The van der Waals surface area contributed by atoms with Crippen molar-refractivity contribution in [2.45, 2.75) is 50.5 Å². The molecule has 4 nitrogen and oxygen atoms in total. The van der Waals surface area contributed by atoms with Crippen molar-refractivity contribution in [3.63, 3.8) is 0 Å². The number of hydrogen-bond acceptors (Lipinski definition) is 2. The maximum atomic E-state index is 12.4. The van der Waals surface area contributed by atoms with Gasteiger partial charge in [0.1, 0.15) is 12.2 Å². The molecule has 7 heteroatoms. The first-order chi connectivity index (χ1) is 9.89. The Balaban J connectivity index is 1.94. The molecular weight excluding hydrogens is 283 g/mol. The van der Waals surface area contributed by atoms with E-state index in [0.717, 1.165) is 30.3 Å². The second kappa shape index (κ2) is 6.51. The van der Waals surface area contributed by atoms with Gasteiger partial charge in [-0.15, -0.1) is 0 Å². The summed E-state index contributed by atoms with van der Waals surface area (Å²) in [5.74, 6) is -0.433. The molecule has 2 N–H and O–H groups in total. The van der Waals surface area contributed by atoms with Gasteiger partial charge >= 0.3 is 6.18 Å². The standard InChI is InChI=1S/C14H20F3N3O/c1-18-10-4-6-11(7-5-10)19-13(21)12-3-2-8-20(12)9-14(15,16)17/h2-3,8,10-11,18H,4-7,9H2,1H3,(H,19,21). The Morgan fingerprint density at radius 3 is 2.48 bits per heavy atom. The van der Waals surface area contributed by atoms with E-state index in [-0.39, 0.29) is 11.7 Å². The highest BCUT2D eigenvalue weighted by Crippen LogP contribution is 2.21. The van der Waals surface area contributed by atoms with Crippen molar-refractivity contribution in [3.05, 3.63) is 24.0 Å². The Bertz CT molecular complexity index is 476. The van der Waals surface area contributed by atoms with Gasteiger partial charge in [-0.3, -0.25) is 4.79 Å². The molecule has 0 unspecified atom stereocenters. The van der Waals surface area contributed by atoms with Crippen LogP contribution in [-0.4, -0.2) is 35.8 Å². The van der Waals surface area contributed by atoms with Gasteiger partial charge in [-0.25, -0.2) is 0 Å². The summed E-state index contributed by atoms with van der Waals surface area (Å²) in [6, 6.07) is 3.38. The predicted molar refractivity (Wildman–Crippen MR) is 73.1 cm³/mol. The minimum atomic E-state index is -4.33. The van der Waals surface area contributed by atoms with Crippen LogP contribution in [0.5, 0.6) is 0 Å². The zero-order chi connectivity index (χ0) is 15.5. The molecule has 1 aliphatic carbocycles. The minimum absolute atomic E-state index is 0.0383. The lowest BCUT2D eigenvalue weighted by molar-refractivity contribution is -0.140. The zero-order valence-electron chi connectivity index (χ0n) is 11.9. The first-order valence-corrected chi connectivity index (χ1v) is 7.09. The van der Waals surface area contributed by atoms with Crippen molar-refractivity contribution in [2.24, 2.45) is 0 Å². The van der Waals surface area contributed by atoms with Crippen LogP contribution >= 0.6 is 0 Å². The maximum Gasteiger partial charge on any atom is 0.406 e. The van der Waals surface area contributed by atoms with Gasteiger partial charge in [0.2, 0.25) is 0 Å². The summed E-state index contributed by atoms with van der Waals surface area (Å²) < 4.78 is 38.3. The average Bonchev–Trinajstić information content (AvgIpc) is 2.85. The smallest absolute Gasteiger partial charge is 0.348 e. The molecule has 1 saturated carbocycles. The molecule has 1 heterocycles. The molecule has 0 aromatic carbocycles. The van der Waals surface area contributed by atoms with Crippen LogP contribution in [0.3, 0.4) is 0 Å². The van der Waals surface area contributed by atoms with Gasteiger partial charge in [-0.1, -0.05) is 0 Å². The lowest BCUT2D eigenvalue weighted by Gasteiger charge is -2.28. The van der Waals surface area contributed by atoms with Crippen molar-refractivity contribution in [1.82, 2.24) is 15.2 Å². The van der Waals surface area contributed by atoms with Crippen molar-refractivity contribution in [1.29, 1.82) is 0 Å². The summed E-state index contributed by atoms with van der Waals surface area (Å²) in [7, 11) is 1.91. The number of carbonyl (C=O) groups excluding carboxylic acids is 1. The minimum Gasteiger partial charge on any atom is -0.348 e. The van der Waals surface area contributed by atoms with Gasteiger partial charge in [-0.05, 0) is 44.9 Å². The van der Waals surface area contributed by atoms with E-state index in [9.17, 15) is 18.0 Å². The first kappa shape index (κ1) is 15.9. The molecule has 0 atom stereocenters. The Morgan fingerprint density at radius 1 is 1.29 bits per heavy atom. The monoisotopic (exact) mass is 303 g/mol. The first-order valence-electron chi connectivity index (χ1n) is 7.09. The van der Waals surface area contributed by atoms with E-state index in [4.69, 9.17) is 0 Å². The second-order valence-electron chi connectivity index (χ2n) is 5.45. The van der Waals surface area contributed by atoms with Crippen LogP contribution in [0.15, 0.2) is 18.3 Å². The molecule has 0 aliphatic heterocycles. The molecule has 0 spiro atoms.